The topological polar surface area (TPSA) is 49.9 Å². The van der Waals surface area contributed by atoms with Gasteiger partial charge in [0.15, 0.2) is 0 Å². The van der Waals surface area contributed by atoms with Crippen molar-refractivity contribution < 1.29 is 27.5 Å². The third kappa shape index (κ3) is 5.08. The third-order valence-electron chi connectivity index (χ3n) is 6.88. The average molecular weight is 495 g/mol. The summed E-state index contributed by atoms with van der Waals surface area (Å²) in [5.41, 5.74) is 4.10. The molecular formula is C28H25F3N2O3. The summed E-state index contributed by atoms with van der Waals surface area (Å²) in [7, 11) is 0. The number of benzene rings is 3. The van der Waals surface area contributed by atoms with Gasteiger partial charge in [0.25, 0.3) is 11.8 Å². The lowest BCUT2D eigenvalue weighted by Gasteiger charge is -2.34. The standard InChI is InChI=1S/C28H25F3N2O3/c29-28(30,31)36-23-11-7-20(8-12-23)21-14-16-32(17-15-21)22-9-5-19(6-10-22)13-18-33-26(34)24-3-1-2-4-25(24)27(33)35/h1-12,21H,13-18H2. The molecule has 1 fully saturated rings. The molecule has 0 N–H and O–H groups in total. The van der Waals surface area contributed by atoms with Crippen LogP contribution in [0, 0.1) is 0 Å². The molecule has 36 heavy (non-hydrogen) atoms. The number of carbonyl (C=O) groups excluding carboxylic acids is 2. The highest BCUT2D eigenvalue weighted by atomic mass is 19.4. The van der Waals surface area contributed by atoms with Crippen molar-refractivity contribution in [2.24, 2.45) is 0 Å². The van der Waals surface area contributed by atoms with E-state index in [4.69, 9.17) is 0 Å². The lowest BCUT2D eigenvalue weighted by Crippen LogP contribution is -2.33. The first-order valence-corrected chi connectivity index (χ1v) is 11.9. The lowest BCUT2D eigenvalue weighted by molar-refractivity contribution is -0.274. The average Bonchev–Trinajstić information content (AvgIpc) is 3.12. The van der Waals surface area contributed by atoms with Crippen LogP contribution in [0.15, 0.2) is 72.8 Å². The molecule has 2 aliphatic heterocycles. The van der Waals surface area contributed by atoms with Gasteiger partial charge in [-0.05, 0) is 72.7 Å². The van der Waals surface area contributed by atoms with Gasteiger partial charge in [0.2, 0.25) is 0 Å². The Hall–Kier alpha value is -3.81. The number of ether oxygens (including phenoxy) is 1. The van der Waals surface area contributed by atoms with Gasteiger partial charge >= 0.3 is 6.36 Å². The Kier molecular flexibility index (Phi) is 6.43. The number of amides is 2. The number of fused-ring (bicyclic) bond motifs is 1. The number of rotatable bonds is 6. The molecule has 2 heterocycles. The van der Waals surface area contributed by atoms with Crippen molar-refractivity contribution in [3.05, 3.63) is 95.1 Å². The molecule has 2 amide bonds. The Bertz CT molecular complexity index is 1210. The van der Waals surface area contributed by atoms with Crippen molar-refractivity contribution in [3.63, 3.8) is 0 Å². The fourth-order valence-electron chi connectivity index (χ4n) is 4.97. The lowest BCUT2D eigenvalue weighted by atomic mass is 9.89. The monoisotopic (exact) mass is 494 g/mol. The fourth-order valence-corrected chi connectivity index (χ4v) is 4.97. The molecule has 3 aromatic carbocycles. The Morgan fingerprint density at radius 2 is 1.39 bits per heavy atom. The Morgan fingerprint density at radius 1 is 0.806 bits per heavy atom. The van der Waals surface area contributed by atoms with Crippen molar-refractivity contribution in [3.8, 4) is 5.75 Å². The molecule has 0 bridgehead atoms. The maximum absolute atomic E-state index is 12.5. The van der Waals surface area contributed by atoms with Crippen LogP contribution in [-0.2, 0) is 6.42 Å². The smallest absolute Gasteiger partial charge is 0.406 e. The minimum atomic E-state index is -4.68. The molecule has 0 radical (unpaired) electrons. The molecule has 0 saturated carbocycles. The minimum absolute atomic E-state index is 0.202. The predicted molar refractivity (Wildman–Crippen MR) is 129 cm³/mol. The molecule has 5 rings (SSSR count). The van der Waals surface area contributed by atoms with Gasteiger partial charge in [-0.3, -0.25) is 14.5 Å². The van der Waals surface area contributed by atoms with Gasteiger partial charge in [-0.1, -0.05) is 36.4 Å². The normalized spacial score (nSPS) is 16.4. The zero-order chi connectivity index (χ0) is 25.3. The van der Waals surface area contributed by atoms with Crippen molar-refractivity contribution in [1.82, 2.24) is 4.90 Å². The first-order valence-electron chi connectivity index (χ1n) is 11.9. The number of anilines is 1. The van der Waals surface area contributed by atoms with E-state index in [-0.39, 0.29) is 17.6 Å². The quantitative estimate of drug-likeness (QED) is 0.406. The highest BCUT2D eigenvalue weighted by molar-refractivity contribution is 6.21. The summed E-state index contributed by atoms with van der Waals surface area (Å²) >= 11 is 0. The highest BCUT2D eigenvalue weighted by Crippen LogP contribution is 2.32. The first kappa shape index (κ1) is 23.9. The number of hydrogen-bond donors (Lipinski definition) is 0. The van der Waals surface area contributed by atoms with E-state index < -0.39 is 6.36 Å². The second kappa shape index (κ2) is 9.68. The molecule has 0 unspecified atom stereocenters. The maximum atomic E-state index is 12.5. The number of piperidine rings is 1. The van der Waals surface area contributed by atoms with Crippen molar-refractivity contribution in [2.75, 3.05) is 24.5 Å². The number of imide groups is 1. The van der Waals surface area contributed by atoms with Gasteiger partial charge in [-0.2, -0.15) is 0 Å². The maximum Gasteiger partial charge on any atom is 0.573 e. The zero-order valence-electron chi connectivity index (χ0n) is 19.5. The summed E-state index contributed by atoms with van der Waals surface area (Å²) in [4.78, 5) is 28.7. The second-order valence-corrected chi connectivity index (χ2v) is 9.10. The van der Waals surface area contributed by atoms with Crippen molar-refractivity contribution in [2.45, 2.75) is 31.5 Å². The van der Waals surface area contributed by atoms with Gasteiger partial charge < -0.3 is 9.64 Å². The fraction of sp³-hybridized carbons (Fsp3) is 0.286. The van der Waals surface area contributed by atoms with E-state index in [1.165, 1.54) is 17.0 Å². The van der Waals surface area contributed by atoms with Crippen LogP contribution >= 0.6 is 0 Å². The molecule has 3 aromatic rings. The SMILES string of the molecule is O=C1c2ccccc2C(=O)N1CCc1ccc(N2CCC(c3ccc(OC(F)(F)F)cc3)CC2)cc1. The molecule has 5 nitrogen and oxygen atoms in total. The molecule has 186 valence electrons. The predicted octanol–water partition coefficient (Wildman–Crippen LogP) is 5.81. The van der Waals surface area contributed by atoms with Crippen LogP contribution in [0.4, 0.5) is 18.9 Å². The summed E-state index contributed by atoms with van der Waals surface area (Å²) in [6.07, 6.45) is -2.29. The van der Waals surface area contributed by atoms with Crippen LogP contribution < -0.4 is 9.64 Å². The second-order valence-electron chi connectivity index (χ2n) is 9.10. The van der Waals surface area contributed by atoms with E-state index in [0.717, 1.165) is 42.7 Å². The summed E-state index contributed by atoms with van der Waals surface area (Å²) < 4.78 is 41.0. The number of hydrogen-bond acceptors (Lipinski definition) is 4. The summed E-state index contributed by atoms with van der Waals surface area (Å²) in [5, 5.41) is 0. The van der Waals surface area contributed by atoms with E-state index in [1.54, 1.807) is 36.4 Å². The van der Waals surface area contributed by atoms with Gasteiger partial charge in [-0.15, -0.1) is 13.2 Å². The first-order chi connectivity index (χ1) is 17.3. The van der Waals surface area contributed by atoms with E-state index >= 15 is 0 Å². The zero-order valence-corrected chi connectivity index (χ0v) is 19.5. The number of nitrogens with zero attached hydrogens (tertiary/aromatic N) is 2. The van der Waals surface area contributed by atoms with Gasteiger partial charge in [-0.25, -0.2) is 0 Å². The number of halogens is 3. The van der Waals surface area contributed by atoms with E-state index in [2.05, 4.69) is 21.8 Å². The summed E-state index contributed by atoms with van der Waals surface area (Å²) in [5.74, 6) is -0.387. The van der Waals surface area contributed by atoms with E-state index in [1.807, 2.05) is 12.1 Å². The van der Waals surface area contributed by atoms with Gasteiger partial charge in [0.1, 0.15) is 5.75 Å². The molecular weight excluding hydrogens is 469 g/mol. The van der Waals surface area contributed by atoms with Crippen LogP contribution in [0.3, 0.4) is 0 Å². The highest BCUT2D eigenvalue weighted by Gasteiger charge is 2.34. The number of carbonyl (C=O) groups is 2. The minimum Gasteiger partial charge on any atom is -0.406 e. The van der Waals surface area contributed by atoms with Crippen LogP contribution in [0.1, 0.15) is 50.6 Å². The summed E-state index contributed by atoms with van der Waals surface area (Å²) in [6.45, 7) is 2.03. The van der Waals surface area contributed by atoms with E-state index in [0.29, 0.717) is 30.0 Å². The van der Waals surface area contributed by atoms with Crippen LogP contribution in [0.5, 0.6) is 5.75 Å². The Morgan fingerprint density at radius 3 is 1.94 bits per heavy atom. The largest absolute Gasteiger partial charge is 0.573 e. The molecule has 0 atom stereocenters. The molecule has 2 aliphatic rings. The molecule has 0 spiro atoms. The molecule has 0 aromatic heterocycles. The Balaban J connectivity index is 1.13. The van der Waals surface area contributed by atoms with Crippen molar-refractivity contribution in [1.29, 1.82) is 0 Å². The van der Waals surface area contributed by atoms with E-state index in [9.17, 15) is 22.8 Å². The Labute approximate surface area is 207 Å². The van der Waals surface area contributed by atoms with Crippen LogP contribution in [-0.4, -0.2) is 42.7 Å². The van der Waals surface area contributed by atoms with Crippen LogP contribution in [0.2, 0.25) is 0 Å². The third-order valence-corrected chi connectivity index (χ3v) is 6.88. The molecule has 8 heteroatoms. The molecule has 1 saturated heterocycles. The van der Waals surface area contributed by atoms with Crippen LogP contribution in [0.25, 0.3) is 0 Å². The van der Waals surface area contributed by atoms with Gasteiger partial charge in [0, 0.05) is 25.3 Å². The number of alkyl halides is 3. The van der Waals surface area contributed by atoms with Gasteiger partial charge in [0.05, 0.1) is 11.1 Å². The van der Waals surface area contributed by atoms with Crippen molar-refractivity contribution >= 4 is 17.5 Å². The molecule has 0 aliphatic carbocycles. The summed E-state index contributed by atoms with van der Waals surface area (Å²) in [6, 6.07) is 21.2.